The predicted octanol–water partition coefficient (Wildman–Crippen LogP) is 2.42. The second-order valence-electron chi connectivity index (χ2n) is 10.7. The largest absolute Gasteiger partial charge is 0.511 e. The number of allylic oxidation sites excluding steroid dienone is 2. The van der Waals surface area contributed by atoms with E-state index in [0.717, 1.165) is 36.9 Å². The molecule has 0 aromatic heterocycles. The average Bonchev–Trinajstić information content (AvgIpc) is 3.38. The fourth-order valence-electron chi connectivity index (χ4n) is 6.80. The molecule has 0 saturated carbocycles. The predicted molar refractivity (Wildman–Crippen MR) is 139 cm³/mol. The molecule has 10 nitrogen and oxygen atoms in total. The molecule has 2 amide bonds. The number of primary amides is 1. The molecule has 0 spiro atoms. The number of amides is 2. The maximum absolute atomic E-state index is 15.5. The van der Waals surface area contributed by atoms with Crippen LogP contribution in [0.3, 0.4) is 0 Å². The molecule has 1 fully saturated rings. The van der Waals surface area contributed by atoms with Gasteiger partial charge in [0.2, 0.25) is 5.91 Å². The Hall–Kier alpha value is -3.70. The number of carbonyl (C=O) groups excluding carboxylic acids is 3. The molecule has 3 atom stereocenters. The summed E-state index contributed by atoms with van der Waals surface area (Å²) in [5, 5.41) is 33.3. The number of rotatable bonds is 5. The number of ketones is 1. The number of ether oxygens (including phenoxy) is 1. The summed E-state index contributed by atoms with van der Waals surface area (Å²) in [6.45, 7) is 5.52. The number of likely N-dealkylation sites (N-methyl/N-ethyl adjacent to an activating group) is 1. The number of hydrogen-bond donors (Lipinski definition) is 4. The number of benzene rings is 1. The van der Waals surface area contributed by atoms with Gasteiger partial charge in [-0.05, 0) is 44.7 Å². The van der Waals surface area contributed by atoms with Crippen molar-refractivity contribution in [3.05, 3.63) is 57.8 Å². The van der Waals surface area contributed by atoms with Gasteiger partial charge in [-0.2, -0.15) is 0 Å². The first-order valence-corrected chi connectivity index (χ1v) is 12.9. The minimum atomic E-state index is -1.72. The fraction of sp³-hybridized carbons (Fsp3) is 0.464. The van der Waals surface area contributed by atoms with E-state index in [9.17, 15) is 29.7 Å². The Labute approximate surface area is 224 Å². The van der Waals surface area contributed by atoms with Gasteiger partial charge in [0.05, 0.1) is 23.4 Å². The summed E-state index contributed by atoms with van der Waals surface area (Å²) in [5.41, 5.74) is 2.80. The van der Waals surface area contributed by atoms with Crippen LogP contribution >= 0.6 is 0 Å². The molecule has 3 aliphatic carbocycles. The first kappa shape index (κ1) is 26.9. The molecule has 5 rings (SSSR count). The number of fused-ring (bicyclic) bond motifs is 3. The zero-order chi connectivity index (χ0) is 28.4. The second-order valence-corrected chi connectivity index (χ2v) is 10.7. The number of carbonyl (C=O) groups is 3. The number of anilines is 1. The van der Waals surface area contributed by atoms with Gasteiger partial charge in [-0.3, -0.25) is 19.3 Å². The van der Waals surface area contributed by atoms with Crippen molar-refractivity contribution in [1.29, 1.82) is 0 Å². The van der Waals surface area contributed by atoms with Crippen LogP contribution in [0.15, 0.2) is 40.9 Å². The lowest BCUT2D eigenvalue weighted by atomic mass is 9.59. The van der Waals surface area contributed by atoms with Gasteiger partial charge in [0.15, 0.2) is 17.1 Å². The molecular weight excluding hydrogens is 509 g/mol. The van der Waals surface area contributed by atoms with Gasteiger partial charge in [0, 0.05) is 49.3 Å². The third-order valence-electron chi connectivity index (χ3n) is 8.75. The number of aromatic hydroxyl groups is 1. The second kappa shape index (κ2) is 9.49. The Balaban J connectivity index is 1.59. The summed E-state index contributed by atoms with van der Waals surface area (Å²) in [5.74, 6) is -5.51. The number of Topliss-reactive ketones (excluding diaryl/α,β-unsaturated/α-hetero) is 1. The fourth-order valence-corrected chi connectivity index (χ4v) is 6.80. The van der Waals surface area contributed by atoms with E-state index in [1.165, 1.54) is 14.2 Å². The number of hydrogen-bond acceptors (Lipinski definition) is 8. The van der Waals surface area contributed by atoms with E-state index in [4.69, 9.17) is 10.5 Å². The van der Waals surface area contributed by atoms with Crippen molar-refractivity contribution >= 4 is 23.3 Å². The van der Waals surface area contributed by atoms with Gasteiger partial charge in [-0.25, -0.2) is 4.39 Å². The Morgan fingerprint density at radius 3 is 2.54 bits per heavy atom. The summed E-state index contributed by atoms with van der Waals surface area (Å²) in [4.78, 5) is 42.0. The summed E-state index contributed by atoms with van der Waals surface area (Å²) >= 11 is 0. The Morgan fingerprint density at radius 1 is 1.26 bits per heavy atom. The standard InChI is InChI=1S/C28H32FN3O7/c1-13-21(27(30)38)19(33)10-15-8-14-9-16-17(29)11-18(31(2)20(34)12-32-6-4-5-7-32)24(35)23(16)25(36)22(14)26(37)28(13,15)39-3/h11,14-15,33,35,37H,1,4-10,12H2,2-3H3,(H2,30,38)/t14?,15-,28-/m0/s1. The van der Waals surface area contributed by atoms with E-state index in [-0.39, 0.29) is 71.0 Å². The van der Waals surface area contributed by atoms with Gasteiger partial charge in [-0.1, -0.05) is 6.58 Å². The average molecular weight is 542 g/mol. The molecule has 1 saturated heterocycles. The van der Waals surface area contributed by atoms with Crippen molar-refractivity contribution in [1.82, 2.24) is 4.90 Å². The van der Waals surface area contributed by atoms with E-state index in [1.54, 1.807) is 0 Å². The van der Waals surface area contributed by atoms with Crippen LogP contribution < -0.4 is 10.6 Å². The van der Waals surface area contributed by atoms with Crippen LogP contribution in [0.1, 0.15) is 41.6 Å². The zero-order valence-corrected chi connectivity index (χ0v) is 21.9. The highest BCUT2D eigenvalue weighted by molar-refractivity contribution is 6.15. The highest BCUT2D eigenvalue weighted by atomic mass is 19.1. The number of aliphatic hydroxyl groups is 2. The number of phenolic OH excluding ortho intramolecular Hbond substituents is 1. The zero-order valence-electron chi connectivity index (χ0n) is 21.9. The molecule has 208 valence electrons. The molecule has 5 N–H and O–H groups in total. The highest BCUT2D eigenvalue weighted by Gasteiger charge is 2.58. The van der Waals surface area contributed by atoms with Gasteiger partial charge in [-0.15, -0.1) is 0 Å². The van der Waals surface area contributed by atoms with Crippen molar-refractivity contribution in [3.63, 3.8) is 0 Å². The third kappa shape index (κ3) is 3.86. The molecule has 1 aliphatic heterocycles. The highest BCUT2D eigenvalue weighted by Crippen LogP contribution is 2.56. The molecule has 0 radical (unpaired) electrons. The Morgan fingerprint density at radius 2 is 1.92 bits per heavy atom. The lowest BCUT2D eigenvalue weighted by molar-refractivity contribution is -0.119. The van der Waals surface area contributed by atoms with Crippen LogP contribution in [-0.2, 0) is 20.7 Å². The Kier molecular flexibility index (Phi) is 6.54. The molecule has 1 heterocycles. The maximum Gasteiger partial charge on any atom is 0.252 e. The van der Waals surface area contributed by atoms with E-state index >= 15 is 4.39 Å². The number of methoxy groups -OCH3 is 1. The molecule has 11 heteroatoms. The number of likely N-dealkylation sites (tertiary alicyclic amines) is 1. The van der Waals surface area contributed by atoms with Crippen molar-refractivity contribution < 1.29 is 38.8 Å². The van der Waals surface area contributed by atoms with Crippen molar-refractivity contribution in [3.8, 4) is 5.75 Å². The molecule has 4 aliphatic rings. The first-order chi connectivity index (χ1) is 18.4. The van der Waals surface area contributed by atoms with Gasteiger partial charge >= 0.3 is 0 Å². The van der Waals surface area contributed by atoms with Crippen LogP contribution in [0.2, 0.25) is 0 Å². The van der Waals surface area contributed by atoms with Gasteiger partial charge < -0.3 is 30.7 Å². The van der Waals surface area contributed by atoms with E-state index in [2.05, 4.69) is 6.58 Å². The lowest BCUT2D eigenvalue weighted by Crippen LogP contribution is -2.53. The number of phenols is 1. The van der Waals surface area contributed by atoms with E-state index < -0.39 is 46.5 Å². The molecule has 1 unspecified atom stereocenters. The number of halogens is 1. The summed E-state index contributed by atoms with van der Waals surface area (Å²) in [6, 6.07) is 1.05. The van der Waals surface area contributed by atoms with Crippen molar-refractivity contribution in [2.24, 2.45) is 17.6 Å². The maximum atomic E-state index is 15.5. The number of nitrogens with two attached hydrogens (primary N) is 1. The topological polar surface area (TPSA) is 154 Å². The molecule has 0 bridgehead atoms. The van der Waals surface area contributed by atoms with Crippen molar-refractivity contribution in [2.45, 2.75) is 37.7 Å². The minimum absolute atomic E-state index is 0.0124. The minimum Gasteiger partial charge on any atom is -0.511 e. The third-order valence-corrected chi connectivity index (χ3v) is 8.75. The Bertz CT molecular complexity index is 1380. The van der Waals surface area contributed by atoms with Crippen LogP contribution in [-0.4, -0.2) is 77.2 Å². The van der Waals surface area contributed by atoms with Crippen LogP contribution in [0, 0.1) is 17.7 Å². The summed E-state index contributed by atoms with van der Waals surface area (Å²) in [7, 11) is 2.70. The molecular formula is C28H32FN3O7. The van der Waals surface area contributed by atoms with Crippen LogP contribution in [0.25, 0.3) is 0 Å². The lowest BCUT2D eigenvalue weighted by Gasteiger charge is -2.49. The summed E-state index contributed by atoms with van der Waals surface area (Å²) in [6.07, 6.45) is 2.08. The number of aliphatic hydroxyl groups excluding tert-OH is 2. The monoisotopic (exact) mass is 541 g/mol. The van der Waals surface area contributed by atoms with Gasteiger partial charge in [0.1, 0.15) is 17.3 Å². The van der Waals surface area contributed by atoms with Crippen LogP contribution in [0.5, 0.6) is 5.75 Å². The van der Waals surface area contributed by atoms with Crippen LogP contribution in [0.4, 0.5) is 10.1 Å². The first-order valence-electron chi connectivity index (χ1n) is 12.9. The molecule has 1 aromatic carbocycles. The molecule has 39 heavy (non-hydrogen) atoms. The van der Waals surface area contributed by atoms with Crippen molar-refractivity contribution in [2.75, 3.05) is 38.7 Å². The summed E-state index contributed by atoms with van der Waals surface area (Å²) < 4.78 is 21.2. The SMILES string of the molecule is C=C1C(C(N)=O)=C(O)C[C@@H]2CC3Cc4c(F)cc(N(C)C(=O)CN5CCCC5)c(O)c4C(=O)C3=C(O)[C@]12OC. The van der Waals surface area contributed by atoms with E-state index in [1.807, 2.05) is 4.90 Å². The normalized spacial score (nSPS) is 26.8. The smallest absolute Gasteiger partial charge is 0.252 e. The molecule has 1 aromatic rings. The number of nitrogens with zero attached hydrogens (tertiary/aromatic N) is 2. The quantitative estimate of drug-likeness (QED) is 0.443. The van der Waals surface area contributed by atoms with Gasteiger partial charge in [0.25, 0.3) is 5.91 Å². The van der Waals surface area contributed by atoms with E-state index in [0.29, 0.717) is 0 Å².